The monoisotopic (exact) mass is 239 g/mol. The quantitative estimate of drug-likeness (QED) is 0.623. The van der Waals surface area contributed by atoms with Crippen LogP contribution in [0.3, 0.4) is 0 Å². The lowest BCUT2D eigenvalue weighted by Gasteiger charge is -2.37. The number of likely N-dealkylation sites (tertiary alicyclic amines) is 1. The average Bonchev–Trinajstić information content (AvgIpc) is 2.23. The van der Waals surface area contributed by atoms with Crippen molar-refractivity contribution in [2.45, 2.75) is 19.3 Å². The third-order valence-electron chi connectivity index (χ3n) is 3.65. The normalized spacial score (nSPS) is 20.1. The first-order valence-electron chi connectivity index (χ1n) is 6.02. The fourth-order valence-electron chi connectivity index (χ4n) is 2.47. The van der Waals surface area contributed by atoms with E-state index in [1.807, 2.05) is 0 Å². The molecule has 0 aromatic heterocycles. The van der Waals surface area contributed by atoms with Crippen LogP contribution in [0.2, 0.25) is 0 Å². The molecule has 1 heterocycles. The van der Waals surface area contributed by atoms with Gasteiger partial charge in [-0.3, -0.25) is 0 Å². The second kappa shape index (κ2) is 5.70. The first kappa shape index (κ1) is 13.5. The van der Waals surface area contributed by atoms with Crippen LogP contribution in [0.5, 0.6) is 0 Å². The van der Waals surface area contributed by atoms with Gasteiger partial charge in [0, 0.05) is 0 Å². The van der Waals surface area contributed by atoms with Crippen molar-refractivity contribution in [3.8, 4) is 0 Å². The summed E-state index contributed by atoms with van der Waals surface area (Å²) in [6.45, 7) is 2.69. The van der Waals surface area contributed by atoms with Crippen LogP contribution in [-0.2, 0) is 6.42 Å². The number of rotatable bonds is 2. The Labute approximate surface area is 105 Å². The molecule has 2 heteroatoms. The molecule has 1 aromatic carbocycles. The molecule has 1 aromatic rings. The summed E-state index contributed by atoms with van der Waals surface area (Å²) >= 11 is 0. The van der Waals surface area contributed by atoms with E-state index in [2.05, 4.69) is 44.4 Å². The van der Waals surface area contributed by atoms with Gasteiger partial charge in [0.25, 0.3) is 0 Å². The molecule has 0 atom stereocenters. The number of hydrogen-bond donors (Lipinski definition) is 0. The standard InChI is InChI=1S/C14H22N.ClH/c1-15(2)10-8-14(9-11-15)12-13-6-4-3-5-7-13;/h3-7,14H,8-12H2,1-2H3;1H/q+1;/p-1. The fourth-order valence-corrected chi connectivity index (χ4v) is 2.47. The Morgan fingerprint density at radius 3 is 2.19 bits per heavy atom. The predicted octanol–water partition coefficient (Wildman–Crippen LogP) is -0.280. The van der Waals surface area contributed by atoms with Crippen molar-refractivity contribution >= 4 is 0 Å². The molecule has 0 radical (unpaired) electrons. The van der Waals surface area contributed by atoms with Gasteiger partial charge in [-0.2, -0.15) is 0 Å². The van der Waals surface area contributed by atoms with Crippen LogP contribution in [0.1, 0.15) is 18.4 Å². The van der Waals surface area contributed by atoms with Gasteiger partial charge in [-0.25, -0.2) is 0 Å². The van der Waals surface area contributed by atoms with Gasteiger partial charge < -0.3 is 16.9 Å². The van der Waals surface area contributed by atoms with Crippen molar-refractivity contribution in [3.05, 3.63) is 35.9 Å². The molecule has 0 aliphatic carbocycles. The van der Waals surface area contributed by atoms with Crippen LogP contribution in [-0.4, -0.2) is 31.7 Å². The lowest BCUT2D eigenvalue weighted by atomic mass is 9.89. The summed E-state index contributed by atoms with van der Waals surface area (Å²) in [5.41, 5.74) is 1.51. The topological polar surface area (TPSA) is 0 Å². The Morgan fingerprint density at radius 2 is 1.62 bits per heavy atom. The molecule has 2 rings (SSSR count). The highest BCUT2D eigenvalue weighted by molar-refractivity contribution is 5.15. The summed E-state index contributed by atoms with van der Waals surface area (Å²) in [5, 5.41) is 0. The molecular weight excluding hydrogens is 218 g/mol. The van der Waals surface area contributed by atoms with Gasteiger partial charge in [-0.1, -0.05) is 30.3 Å². The van der Waals surface area contributed by atoms with Crippen molar-refractivity contribution in [3.63, 3.8) is 0 Å². The Morgan fingerprint density at radius 1 is 1.06 bits per heavy atom. The zero-order chi connectivity index (χ0) is 10.7. The lowest BCUT2D eigenvalue weighted by molar-refractivity contribution is -0.896. The smallest absolute Gasteiger partial charge is 0.0785 e. The fraction of sp³-hybridized carbons (Fsp3) is 0.571. The Balaban J connectivity index is 0.00000128. The predicted molar refractivity (Wildman–Crippen MR) is 64.7 cm³/mol. The average molecular weight is 240 g/mol. The van der Waals surface area contributed by atoms with E-state index in [1.165, 1.54) is 42.4 Å². The highest BCUT2D eigenvalue weighted by Crippen LogP contribution is 2.23. The number of piperidine rings is 1. The second-order valence-corrected chi connectivity index (χ2v) is 5.52. The first-order chi connectivity index (χ1) is 7.16. The molecule has 1 aliphatic heterocycles. The van der Waals surface area contributed by atoms with Crippen LogP contribution in [0.25, 0.3) is 0 Å². The number of hydrogen-bond acceptors (Lipinski definition) is 0. The molecular formula is C14H22ClN. The zero-order valence-electron chi connectivity index (χ0n) is 10.3. The maximum Gasteiger partial charge on any atom is 0.0785 e. The molecule has 1 aliphatic rings. The van der Waals surface area contributed by atoms with Crippen molar-refractivity contribution in [2.75, 3.05) is 27.2 Å². The molecule has 0 N–H and O–H groups in total. The molecule has 1 nitrogen and oxygen atoms in total. The third-order valence-corrected chi connectivity index (χ3v) is 3.65. The SMILES string of the molecule is C[N+]1(C)CCC(Cc2ccccc2)CC1.[Cl-]. The van der Waals surface area contributed by atoms with Crippen LogP contribution in [0.15, 0.2) is 30.3 Å². The molecule has 0 amide bonds. The first-order valence-corrected chi connectivity index (χ1v) is 6.02. The van der Waals surface area contributed by atoms with E-state index in [0.29, 0.717) is 0 Å². The molecule has 16 heavy (non-hydrogen) atoms. The van der Waals surface area contributed by atoms with Crippen molar-refractivity contribution < 1.29 is 16.9 Å². The van der Waals surface area contributed by atoms with E-state index in [4.69, 9.17) is 0 Å². The van der Waals surface area contributed by atoms with E-state index >= 15 is 0 Å². The lowest BCUT2D eigenvalue weighted by Crippen LogP contribution is -3.00. The molecule has 1 fully saturated rings. The third kappa shape index (κ3) is 3.80. The van der Waals surface area contributed by atoms with Gasteiger partial charge >= 0.3 is 0 Å². The Kier molecular flexibility index (Phi) is 4.82. The van der Waals surface area contributed by atoms with Gasteiger partial charge in [-0.05, 0) is 30.7 Å². The van der Waals surface area contributed by atoms with Gasteiger partial charge in [0.1, 0.15) is 0 Å². The number of halogens is 1. The van der Waals surface area contributed by atoms with Gasteiger partial charge in [-0.15, -0.1) is 0 Å². The minimum Gasteiger partial charge on any atom is -1.00 e. The molecule has 0 saturated carbocycles. The van der Waals surface area contributed by atoms with Crippen molar-refractivity contribution in [1.82, 2.24) is 0 Å². The maximum atomic E-state index is 2.35. The molecule has 0 bridgehead atoms. The van der Waals surface area contributed by atoms with Crippen LogP contribution < -0.4 is 12.4 Å². The maximum absolute atomic E-state index is 2.35. The van der Waals surface area contributed by atoms with E-state index in [9.17, 15) is 0 Å². The van der Waals surface area contributed by atoms with Crippen molar-refractivity contribution in [2.24, 2.45) is 5.92 Å². The minimum atomic E-state index is 0. The largest absolute Gasteiger partial charge is 1.00 e. The van der Waals surface area contributed by atoms with Gasteiger partial charge in [0.05, 0.1) is 27.2 Å². The minimum absolute atomic E-state index is 0. The van der Waals surface area contributed by atoms with E-state index in [0.717, 1.165) is 5.92 Å². The summed E-state index contributed by atoms with van der Waals surface area (Å²) in [7, 11) is 4.69. The highest BCUT2D eigenvalue weighted by atomic mass is 35.5. The molecule has 1 saturated heterocycles. The molecule has 90 valence electrons. The summed E-state index contributed by atoms with van der Waals surface area (Å²) in [6, 6.07) is 10.9. The van der Waals surface area contributed by atoms with E-state index < -0.39 is 0 Å². The number of benzene rings is 1. The number of quaternary nitrogens is 1. The summed E-state index contributed by atoms with van der Waals surface area (Å²) in [5.74, 6) is 0.915. The van der Waals surface area contributed by atoms with E-state index in [-0.39, 0.29) is 12.4 Å². The zero-order valence-corrected chi connectivity index (χ0v) is 11.1. The summed E-state index contributed by atoms with van der Waals surface area (Å²) in [4.78, 5) is 0. The van der Waals surface area contributed by atoms with Crippen LogP contribution >= 0.6 is 0 Å². The Hall–Kier alpha value is -0.530. The van der Waals surface area contributed by atoms with Crippen molar-refractivity contribution in [1.29, 1.82) is 0 Å². The van der Waals surface area contributed by atoms with E-state index in [1.54, 1.807) is 0 Å². The van der Waals surface area contributed by atoms with Crippen LogP contribution in [0, 0.1) is 5.92 Å². The highest BCUT2D eigenvalue weighted by Gasteiger charge is 2.25. The molecule has 0 spiro atoms. The van der Waals surface area contributed by atoms with Gasteiger partial charge in [0.2, 0.25) is 0 Å². The number of nitrogens with zero attached hydrogens (tertiary/aromatic N) is 1. The second-order valence-electron chi connectivity index (χ2n) is 5.52. The van der Waals surface area contributed by atoms with Gasteiger partial charge in [0.15, 0.2) is 0 Å². The van der Waals surface area contributed by atoms with Crippen LogP contribution in [0.4, 0.5) is 0 Å². The Bertz CT molecular complexity index is 298. The summed E-state index contributed by atoms with van der Waals surface area (Å²) < 4.78 is 1.21. The summed E-state index contributed by atoms with van der Waals surface area (Å²) in [6.07, 6.45) is 4.06. The molecule has 0 unspecified atom stereocenters.